The van der Waals surface area contributed by atoms with Gasteiger partial charge in [-0.15, -0.1) is 0 Å². The van der Waals surface area contributed by atoms with Gasteiger partial charge < -0.3 is 9.47 Å². The number of nitrogens with one attached hydrogen (secondary N) is 2. The number of benzene rings is 2. The van der Waals surface area contributed by atoms with E-state index in [1.807, 2.05) is 0 Å². The van der Waals surface area contributed by atoms with Crippen molar-refractivity contribution in [2.45, 2.75) is 0 Å². The molecule has 0 aliphatic rings. The first-order valence-corrected chi connectivity index (χ1v) is 7.85. The van der Waals surface area contributed by atoms with E-state index in [-0.39, 0.29) is 12.4 Å². The Morgan fingerprint density at radius 3 is 2.62 bits per heavy atom. The summed E-state index contributed by atoms with van der Waals surface area (Å²) >= 11 is 5.89. The topological polar surface area (TPSA) is 76.7 Å². The van der Waals surface area contributed by atoms with Gasteiger partial charge in [0, 0.05) is 6.08 Å². The first kappa shape index (κ1) is 19.3. The van der Waals surface area contributed by atoms with E-state index in [1.165, 1.54) is 25.3 Å². The van der Waals surface area contributed by atoms with Gasteiger partial charge in [0.1, 0.15) is 5.75 Å². The molecule has 2 rings (SSSR count). The van der Waals surface area contributed by atoms with Crippen LogP contribution in [0.1, 0.15) is 5.56 Å². The lowest BCUT2D eigenvalue weighted by Crippen LogP contribution is -2.43. The first-order chi connectivity index (χ1) is 12.5. The number of rotatable bonds is 6. The minimum atomic E-state index is -0.590. The summed E-state index contributed by atoms with van der Waals surface area (Å²) in [5, 5.41) is 0.374. The summed E-state index contributed by atoms with van der Waals surface area (Å²) < 4.78 is 23.6. The molecule has 0 bridgehead atoms. The number of halogens is 2. The van der Waals surface area contributed by atoms with Crippen molar-refractivity contribution in [3.63, 3.8) is 0 Å². The van der Waals surface area contributed by atoms with Gasteiger partial charge in [0.2, 0.25) is 0 Å². The molecule has 0 saturated carbocycles. The van der Waals surface area contributed by atoms with E-state index in [1.54, 1.807) is 30.3 Å². The lowest BCUT2D eigenvalue weighted by Gasteiger charge is -2.08. The Bertz CT molecular complexity index is 827. The van der Waals surface area contributed by atoms with Crippen LogP contribution in [0.15, 0.2) is 48.5 Å². The molecule has 2 N–H and O–H groups in total. The maximum absolute atomic E-state index is 13.5. The lowest BCUT2D eigenvalue weighted by atomic mass is 10.2. The van der Waals surface area contributed by atoms with E-state index in [0.717, 1.165) is 6.08 Å². The second kappa shape index (κ2) is 9.43. The van der Waals surface area contributed by atoms with Gasteiger partial charge in [-0.05, 0) is 35.9 Å². The lowest BCUT2D eigenvalue weighted by molar-refractivity contribution is -0.128. The highest BCUT2D eigenvalue weighted by molar-refractivity contribution is 6.32. The zero-order valence-corrected chi connectivity index (χ0v) is 14.5. The molecule has 136 valence electrons. The van der Waals surface area contributed by atoms with Gasteiger partial charge in [0.25, 0.3) is 11.8 Å². The Kier molecular flexibility index (Phi) is 6.99. The van der Waals surface area contributed by atoms with Gasteiger partial charge in [-0.3, -0.25) is 20.4 Å². The van der Waals surface area contributed by atoms with Crippen LogP contribution in [-0.4, -0.2) is 25.5 Å². The van der Waals surface area contributed by atoms with Crippen molar-refractivity contribution in [1.82, 2.24) is 10.9 Å². The van der Waals surface area contributed by atoms with E-state index in [9.17, 15) is 14.0 Å². The number of hydrazine groups is 1. The molecule has 6 nitrogen and oxygen atoms in total. The van der Waals surface area contributed by atoms with Gasteiger partial charge in [-0.1, -0.05) is 29.8 Å². The first-order valence-electron chi connectivity index (χ1n) is 7.47. The van der Waals surface area contributed by atoms with Gasteiger partial charge in [0.15, 0.2) is 18.2 Å². The normalized spacial score (nSPS) is 10.4. The molecule has 0 saturated heterocycles. The second-order valence-corrected chi connectivity index (χ2v) is 5.39. The smallest absolute Gasteiger partial charge is 0.276 e. The van der Waals surface area contributed by atoms with Crippen molar-refractivity contribution < 1.29 is 23.5 Å². The number of ether oxygens (including phenoxy) is 2. The quantitative estimate of drug-likeness (QED) is 0.598. The zero-order valence-electron chi connectivity index (χ0n) is 13.8. The van der Waals surface area contributed by atoms with Crippen molar-refractivity contribution in [2.24, 2.45) is 0 Å². The van der Waals surface area contributed by atoms with E-state index < -0.39 is 17.6 Å². The Morgan fingerprint density at radius 2 is 1.92 bits per heavy atom. The molecule has 0 aliphatic carbocycles. The summed E-state index contributed by atoms with van der Waals surface area (Å²) in [4.78, 5) is 23.3. The molecule has 0 radical (unpaired) electrons. The monoisotopic (exact) mass is 378 g/mol. The predicted octanol–water partition coefficient (Wildman–Crippen LogP) is 2.73. The zero-order chi connectivity index (χ0) is 18.9. The summed E-state index contributed by atoms with van der Waals surface area (Å²) in [6, 6.07) is 10.9. The highest BCUT2D eigenvalue weighted by Crippen LogP contribution is 2.22. The Labute approximate surface area is 154 Å². The minimum Gasteiger partial charge on any atom is -0.494 e. The average molecular weight is 379 g/mol. The number of hydrogen-bond donors (Lipinski definition) is 2. The van der Waals surface area contributed by atoms with Gasteiger partial charge in [-0.2, -0.15) is 0 Å². The van der Waals surface area contributed by atoms with E-state index in [4.69, 9.17) is 21.1 Å². The molecule has 0 aliphatic heterocycles. The standard InChI is InChI=1S/C18H16ClFN2O4/c1-25-16-8-6-12(10-14(16)20)7-9-17(23)21-22-18(24)11-26-15-5-3-2-4-13(15)19/h2-10H,11H2,1H3,(H,21,23)(H,22,24)/b9-7+. The fourth-order valence-electron chi connectivity index (χ4n) is 1.87. The summed E-state index contributed by atoms with van der Waals surface area (Å²) in [5.41, 5.74) is 4.83. The molecule has 2 aromatic rings. The van der Waals surface area contributed by atoms with Crippen LogP contribution in [0.4, 0.5) is 4.39 Å². The number of carbonyl (C=O) groups is 2. The second-order valence-electron chi connectivity index (χ2n) is 4.98. The third kappa shape index (κ3) is 5.78. The molecular formula is C18H16ClFN2O4. The highest BCUT2D eigenvalue weighted by Gasteiger charge is 2.06. The number of carbonyl (C=O) groups excluding carboxylic acids is 2. The van der Waals surface area contributed by atoms with Gasteiger partial charge >= 0.3 is 0 Å². The van der Waals surface area contributed by atoms with Crippen molar-refractivity contribution in [3.05, 3.63) is 64.9 Å². The van der Waals surface area contributed by atoms with E-state index >= 15 is 0 Å². The molecule has 2 amide bonds. The van der Waals surface area contributed by atoms with Crippen molar-refractivity contribution in [3.8, 4) is 11.5 Å². The number of amides is 2. The van der Waals surface area contributed by atoms with Crippen LogP contribution >= 0.6 is 11.6 Å². The van der Waals surface area contributed by atoms with Gasteiger partial charge in [-0.25, -0.2) is 4.39 Å². The SMILES string of the molecule is COc1ccc(/C=C/C(=O)NNC(=O)COc2ccccc2Cl)cc1F. The van der Waals surface area contributed by atoms with Crippen LogP contribution in [-0.2, 0) is 9.59 Å². The molecular weight excluding hydrogens is 363 g/mol. The average Bonchev–Trinajstić information content (AvgIpc) is 2.64. The highest BCUT2D eigenvalue weighted by atomic mass is 35.5. The van der Waals surface area contributed by atoms with Crippen LogP contribution < -0.4 is 20.3 Å². The van der Waals surface area contributed by atoms with Crippen molar-refractivity contribution in [1.29, 1.82) is 0 Å². The Morgan fingerprint density at radius 1 is 1.15 bits per heavy atom. The minimum absolute atomic E-state index is 0.109. The molecule has 2 aromatic carbocycles. The third-order valence-electron chi connectivity index (χ3n) is 3.12. The predicted molar refractivity (Wildman–Crippen MR) is 95.2 cm³/mol. The molecule has 0 spiro atoms. The Hall–Kier alpha value is -3.06. The van der Waals surface area contributed by atoms with E-state index in [2.05, 4.69) is 10.9 Å². The van der Waals surface area contributed by atoms with Crippen molar-refractivity contribution >= 4 is 29.5 Å². The van der Waals surface area contributed by atoms with Crippen LogP contribution in [0, 0.1) is 5.82 Å². The van der Waals surface area contributed by atoms with E-state index in [0.29, 0.717) is 16.3 Å². The summed E-state index contributed by atoms with van der Waals surface area (Å²) in [7, 11) is 1.36. The fourth-order valence-corrected chi connectivity index (χ4v) is 2.06. The summed E-state index contributed by atoms with van der Waals surface area (Å²) in [5.74, 6) is -1.23. The molecule has 0 fully saturated rings. The molecule has 26 heavy (non-hydrogen) atoms. The van der Waals surface area contributed by atoms with Crippen LogP contribution in [0.25, 0.3) is 6.08 Å². The summed E-state index contributed by atoms with van der Waals surface area (Å²) in [6.45, 7) is -0.322. The number of hydrogen-bond acceptors (Lipinski definition) is 4. The molecule has 0 heterocycles. The van der Waals surface area contributed by atoms with Crippen LogP contribution in [0.2, 0.25) is 5.02 Å². The number of para-hydroxylation sites is 1. The molecule has 0 aromatic heterocycles. The molecule has 8 heteroatoms. The van der Waals surface area contributed by atoms with Crippen molar-refractivity contribution in [2.75, 3.05) is 13.7 Å². The van der Waals surface area contributed by atoms with Crippen LogP contribution in [0.5, 0.6) is 11.5 Å². The third-order valence-corrected chi connectivity index (χ3v) is 3.44. The number of methoxy groups -OCH3 is 1. The summed E-state index contributed by atoms with van der Waals surface area (Å²) in [6.07, 6.45) is 2.54. The maximum Gasteiger partial charge on any atom is 0.276 e. The fraction of sp³-hybridized carbons (Fsp3) is 0.111. The van der Waals surface area contributed by atoms with Gasteiger partial charge in [0.05, 0.1) is 12.1 Å². The largest absolute Gasteiger partial charge is 0.494 e. The Balaban J connectivity index is 1.78. The molecule has 0 atom stereocenters. The molecule has 0 unspecified atom stereocenters. The van der Waals surface area contributed by atoms with Crippen LogP contribution in [0.3, 0.4) is 0 Å². The maximum atomic E-state index is 13.5.